The zero-order chi connectivity index (χ0) is 17.5. The van der Waals surface area contributed by atoms with Gasteiger partial charge in [0.05, 0.1) is 7.11 Å². The summed E-state index contributed by atoms with van der Waals surface area (Å²) in [7, 11) is -4.48. The van der Waals surface area contributed by atoms with E-state index in [4.69, 9.17) is 0 Å². The Balaban J connectivity index is 0.000000313. The first-order valence-electron chi connectivity index (χ1n) is 6.01. The van der Waals surface area contributed by atoms with Crippen molar-refractivity contribution in [1.29, 1.82) is 0 Å². The van der Waals surface area contributed by atoms with Gasteiger partial charge in [0.2, 0.25) is 0 Å². The van der Waals surface area contributed by atoms with Crippen molar-refractivity contribution in [3.63, 3.8) is 0 Å². The summed E-state index contributed by atoms with van der Waals surface area (Å²) in [6.07, 6.45) is 0. The zero-order valence-electron chi connectivity index (χ0n) is 11.7. The van der Waals surface area contributed by atoms with Crippen LogP contribution in [0.15, 0.2) is 54.6 Å². The summed E-state index contributed by atoms with van der Waals surface area (Å²) in [6.45, 7) is 0. The molecule has 0 aromatic heterocycles. The van der Waals surface area contributed by atoms with Crippen molar-refractivity contribution in [3.05, 3.63) is 58.2 Å². The van der Waals surface area contributed by atoms with Crippen LogP contribution in [0.1, 0.15) is 0 Å². The number of ether oxygens (including phenoxy) is 1. The SMILES string of the molecule is COc1ccccc1OS(=O)(=O)C(F)(F)F.Ic1ccccc1. The van der Waals surface area contributed by atoms with E-state index in [1.54, 1.807) is 0 Å². The fraction of sp³-hybridized carbons (Fsp3) is 0.143. The molecular formula is C14H12F3IO4S. The molecule has 0 unspecified atom stereocenters. The van der Waals surface area contributed by atoms with Crippen LogP contribution < -0.4 is 8.92 Å². The highest BCUT2D eigenvalue weighted by molar-refractivity contribution is 14.1. The van der Waals surface area contributed by atoms with Crippen molar-refractivity contribution in [1.82, 2.24) is 0 Å². The predicted octanol–water partition coefficient (Wildman–Crippen LogP) is 4.21. The molecule has 0 saturated carbocycles. The van der Waals surface area contributed by atoms with E-state index in [1.165, 1.54) is 28.9 Å². The molecule has 0 fully saturated rings. The number of rotatable bonds is 3. The van der Waals surface area contributed by atoms with Crippen molar-refractivity contribution in [2.45, 2.75) is 5.51 Å². The molecule has 0 saturated heterocycles. The van der Waals surface area contributed by atoms with E-state index in [2.05, 4.69) is 43.6 Å². The van der Waals surface area contributed by atoms with Crippen LogP contribution >= 0.6 is 22.6 Å². The lowest BCUT2D eigenvalue weighted by Crippen LogP contribution is -2.28. The van der Waals surface area contributed by atoms with Crippen molar-refractivity contribution in [3.8, 4) is 11.5 Å². The Morgan fingerprint density at radius 3 is 1.78 bits per heavy atom. The van der Waals surface area contributed by atoms with Crippen molar-refractivity contribution < 1.29 is 30.5 Å². The van der Waals surface area contributed by atoms with E-state index in [9.17, 15) is 21.6 Å². The maximum Gasteiger partial charge on any atom is 0.534 e. The molecular weight excluding hydrogens is 448 g/mol. The lowest BCUT2D eigenvalue weighted by atomic mass is 10.3. The van der Waals surface area contributed by atoms with E-state index in [0.717, 1.165) is 6.07 Å². The highest BCUT2D eigenvalue weighted by atomic mass is 127. The summed E-state index contributed by atoms with van der Waals surface area (Å²) < 4.78 is 67.2. The number of para-hydroxylation sites is 2. The van der Waals surface area contributed by atoms with Gasteiger partial charge < -0.3 is 8.92 Å². The van der Waals surface area contributed by atoms with Gasteiger partial charge in [-0.25, -0.2) is 0 Å². The molecule has 0 aliphatic carbocycles. The van der Waals surface area contributed by atoms with Crippen LogP contribution in [0.2, 0.25) is 0 Å². The minimum Gasteiger partial charge on any atom is -0.493 e. The first-order valence-corrected chi connectivity index (χ1v) is 8.50. The van der Waals surface area contributed by atoms with Crippen LogP contribution in [-0.2, 0) is 10.1 Å². The highest BCUT2D eigenvalue weighted by Crippen LogP contribution is 2.32. The average molecular weight is 460 g/mol. The topological polar surface area (TPSA) is 52.6 Å². The van der Waals surface area contributed by atoms with Crippen LogP contribution in [0.5, 0.6) is 11.5 Å². The summed E-state index contributed by atoms with van der Waals surface area (Å²) in [5.74, 6) is -0.613. The van der Waals surface area contributed by atoms with Crippen LogP contribution in [-0.4, -0.2) is 21.0 Å². The molecule has 126 valence electrons. The molecule has 2 rings (SSSR count). The second-order valence-electron chi connectivity index (χ2n) is 3.93. The van der Waals surface area contributed by atoms with Crippen LogP contribution in [0.3, 0.4) is 0 Å². The Hall–Kier alpha value is -1.49. The molecule has 0 bridgehead atoms. The standard InChI is InChI=1S/C8H7F3O4S.C6H5I/c1-14-6-4-2-3-5-7(6)15-16(12,13)8(9,10)11;7-6-4-2-1-3-5-6/h2-5H,1H3;1-5H. The molecule has 2 aromatic rings. The normalized spacial score (nSPS) is 11.2. The molecule has 0 amide bonds. The van der Waals surface area contributed by atoms with Gasteiger partial charge in [-0.2, -0.15) is 21.6 Å². The number of methoxy groups -OCH3 is 1. The van der Waals surface area contributed by atoms with E-state index in [1.807, 2.05) is 18.2 Å². The molecule has 0 heterocycles. The first kappa shape index (κ1) is 19.6. The minimum absolute atomic E-state index is 0.102. The quantitative estimate of drug-likeness (QED) is 0.391. The van der Waals surface area contributed by atoms with E-state index < -0.39 is 21.4 Å². The van der Waals surface area contributed by atoms with Gasteiger partial charge in [0.1, 0.15) is 0 Å². The van der Waals surface area contributed by atoms with Crippen molar-refractivity contribution in [2.24, 2.45) is 0 Å². The maximum atomic E-state index is 12.0. The Morgan fingerprint density at radius 2 is 1.39 bits per heavy atom. The third-order valence-corrected chi connectivity index (χ3v) is 3.97. The molecule has 2 aromatic carbocycles. The van der Waals surface area contributed by atoms with Crippen molar-refractivity contribution >= 4 is 32.7 Å². The lowest BCUT2D eigenvalue weighted by molar-refractivity contribution is -0.0500. The molecule has 0 aliphatic heterocycles. The fourth-order valence-corrected chi connectivity index (χ4v) is 2.15. The number of hydrogen-bond donors (Lipinski definition) is 0. The van der Waals surface area contributed by atoms with Crippen molar-refractivity contribution in [2.75, 3.05) is 7.11 Å². The smallest absolute Gasteiger partial charge is 0.493 e. The fourth-order valence-electron chi connectivity index (χ4n) is 1.27. The van der Waals surface area contributed by atoms with Gasteiger partial charge in [0.25, 0.3) is 0 Å². The van der Waals surface area contributed by atoms with E-state index in [0.29, 0.717) is 0 Å². The monoisotopic (exact) mass is 460 g/mol. The van der Waals surface area contributed by atoms with E-state index in [-0.39, 0.29) is 5.75 Å². The summed E-state index contributed by atoms with van der Waals surface area (Å²) in [5.41, 5.74) is -5.46. The van der Waals surface area contributed by atoms with Gasteiger partial charge in [0, 0.05) is 3.57 Å². The Kier molecular flexibility index (Phi) is 7.13. The first-order chi connectivity index (χ1) is 10.7. The van der Waals surface area contributed by atoms with Gasteiger partial charge in [-0.15, -0.1) is 0 Å². The van der Waals surface area contributed by atoms with Crippen LogP contribution in [0.25, 0.3) is 0 Å². The number of hydrogen-bond acceptors (Lipinski definition) is 4. The lowest BCUT2D eigenvalue weighted by Gasteiger charge is -2.11. The second kappa shape index (κ2) is 8.39. The average Bonchev–Trinajstić information content (AvgIpc) is 2.48. The molecule has 0 radical (unpaired) electrons. The molecule has 4 nitrogen and oxygen atoms in total. The molecule has 0 N–H and O–H groups in total. The predicted molar refractivity (Wildman–Crippen MR) is 87.8 cm³/mol. The summed E-state index contributed by atoms with van der Waals surface area (Å²) in [4.78, 5) is 0. The Morgan fingerprint density at radius 1 is 0.913 bits per heavy atom. The number of benzene rings is 2. The zero-order valence-corrected chi connectivity index (χ0v) is 14.7. The summed E-state index contributed by atoms with van der Waals surface area (Å²) >= 11 is 2.28. The maximum absolute atomic E-state index is 12.0. The van der Waals surface area contributed by atoms with E-state index >= 15 is 0 Å². The van der Waals surface area contributed by atoms with Gasteiger partial charge in [-0.3, -0.25) is 0 Å². The second-order valence-corrected chi connectivity index (χ2v) is 6.71. The Labute approximate surface area is 145 Å². The molecule has 23 heavy (non-hydrogen) atoms. The van der Waals surface area contributed by atoms with Crippen LogP contribution in [0, 0.1) is 3.57 Å². The summed E-state index contributed by atoms with van der Waals surface area (Å²) in [5, 5.41) is 0. The highest BCUT2D eigenvalue weighted by Gasteiger charge is 2.48. The number of alkyl halides is 3. The molecule has 9 heteroatoms. The molecule has 0 aliphatic rings. The largest absolute Gasteiger partial charge is 0.534 e. The summed E-state index contributed by atoms with van der Waals surface area (Å²) in [6, 6.07) is 15.3. The third-order valence-electron chi connectivity index (χ3n) is 2.29. The minimum atomic E-state index is -5.66. The van der Waals surface area contributed by atoms with Gasteiger partial charge >= 0.3 is 15.6 Å². The Bertz CT molecular complexity index is 718. The third kappa shape index (κ3) is 6.26. The number of halogens is 4. The van der Waals surface area contributed by atoms with Gasteiger partial charge in [0.15, 0.2) is 11.5 Å². The van der Waals surface area contributed by atoms with Gasteiger partial charge in [-0.1, -0.05) is 30.3 Å². The van der Waals surface area contributed by atoms with Crippen LogP contribution in [0.4, 0.5) is 13.2 Å². The van der Waals surface area contributed by atoms with Gasteiger partial charge in [-0.05, 0) is 46.9 Å². The molecule has 0 spiro atoms. The molecule has 0 atom stereocenters.